The Morgan fingerprint density at radius 1 is 0.795 bits per heavy atom. The molecule has 0 radical (unpaired) electrons. The molecule has 1 saturated carbocycles. The summed E-state index contributed by atoms with van der Waals surface area (Å²) in [6.07, 6.45) is 9.43. The average molecular weight is 540 g/mol. The molecule has 1 aliphatic rings. The van der Waals surface area contributed by atoms with Gasteiger partial charge < -0.3 is 19.3 Å². The monoisotopic (exact) mass is 539 g/mol. The summed E-state index contributed by atoms with van der Waals surface area (Å²) in [5.41, 5.74) is 2.32. The average Bonchev–Trinajstić information content (AvgIpc) is 3.30. The van der Waals surface area contributed by atoms with Crippen molar-refractivity contribution in [1.29, 1.82) is 0 Å². The van der Waals surface area contributed by atoms with Crippen LogP contribution in [0.4, 0.5) is 0 Å². The lowest BCUT2D eigenvalue weighted by Crippen LogP contribution is -2.48. The number of carbonyl (C=O) groups is 1. The van der Waals surface area contributed by atoms with E-state index in [2.05, 4.69) is 43.1 Å². The van der Waals surface area contributed by atoms with E-state index in [-0.39, 0.29) is 30.8 Å². The zero-order valence-corrected chi connectivity index (χ0v) is 24.0. The number of carboxylic acids is 1. The van der Waals surface area contributed by atoms with E-state index in [1.165, 1.54) is 25.7 Å². The minimum absolute atomic E-state index is 0.0138. The van der Waals surface area contributed by atoms with E-state index in [0.29, 0.717) is 19.6 Å². The third kappa shape index (κ3) is 11.4. The zero-order chi connectivity index (χ0) is 27.7. The van der Waals surface area contributed by atoms with Crippen molar-refractivity contribution in [2.45, 2.75) is 109 Å². The molecule has 2 aromatic carbocycles. The molecule has 216 valence electrons. The molecule has 1 fully saturated rings. The predicted molar refractivity (Wildman–Crippen MR) is 156 cm³/mol. The first-order valence-corrected chi connectivity index (χ1v) is 14.9. The van der Waals surface area contributed by atoms with Crippen LogP contribution in [-0.4, -0.2) is 60.5 Å². The summed E-state index contributed by atoms with van der Waals surface area (Å²) >= 11 is 0. The minimum atomic E-state index is -0.723. The van der Waals surface area contributed by atoms with Crippen LogP contribution in [-0.2, 0) is 32.2 Å². The van der Waals surface area contributed by atoms with Crippen LogP contribution in [0.3, 0.4) is 0 Å². The van der Waals surface area contributed by atoms with Crippen LogP contribution in [0.25, 0.3) is 0 Å². The van der Waals surface area contributed by atoms with Crippen LogP contribution in [0.5, 0.6) is 0 Å². The highest BCUT2D eigenvalue weighted by molar-refractivity contribution is 5.66. The Bertz CT molecular complexity index is 909. The highest BCUT2D eigenvalue weighted by Crippen LogP contribution is 2.33. The first-order chi connectivity index (χ1) is 19.1. The third-order valence-corrected chi connectivity index (χ3v) is 7.63. The summed E-state index contributed by atoms with van der Waals surface area (Å²) in [5, 5.41) is 8.97. The normalized spacial score (nSPS) is 21.0. The summed E-state index contributed by atoms with van der Waals surface area (Å²) in [5.74, 6) is -0.723. The molecular weight excluding hydrogens is 490 g/mol. The van der Waals surface area contributed by atoms with Gasteiger partial charge >= 0.3 is 5.97 Å². The van der Waals surface area contributed by atoms with Gasteiger partial charge in [0.25, 0.3) is 0 Å². The van der Waals surface area contributed by atoms with Gasteiger partial charge in [0.2, 0.25) is 0 Å². The summed E-state index contributed by atoms with van der Waals surface area (Å²) in [7, 11) is 2.15. The summed E-state index contributed by atoms with van der Waals surface area (Å²) in [6.45, 7) is 4.95. The van der Waals surface area contributed by atoms with E-state index in [9.17, 15) is 4.79 Å². The van der Waals surface area contributed by atoms with Crippen LogP contribution in [0.1, 0.15) is 82.3 Å². The molecule has 1 N–H and O–H groups in total. The molecule has 0 saturated heterocycles. The number of nitrogens with zero attached hydrogens (tertiary/aromatic N) is 1. The quantitative estimate of drug-likeness (QED) is 0.185. The highest BCUT2D eigenvalue weighted by Gasteiger charge is 2.47. The number of likely N-dealkylation sites (N-methyl/N-ethyl adjacent to an activating group) is 1. The molecule has 1 aliphatic carbocycles. The molecule has 6 heteroatoms. The van der Waals surface area contributed by atoms with Gasteiger partial charge in [0.1, 0.15) is 6.10 Å². The summed E-state index contributed by atoms with van der Waals surface area (Å²) in [4.78, 5) is 13.3. The maximum Gasteiger partial charge on any atom is 0.303 e. The van der Waals surface area contributed by atoms with Crippen molar-refractivity contribution < 1.29 is 24.1 Å². The molecule has 2 aromatic rings. The summed E-state index contributed by atoms with van der Waals surface area (Å²) < 4.78 is 19.7. The Morgan fingerprint density at radius 2 is 1.38 bits per heavy atom. The second kappa shape index (κ2) is 18.2. The van der Waals surface area contributed by atoms with Gasteiger partial charge in [0.15, 0.2) is 0 Å². The van der Waals surface area contributed by atoms with Gasteiger partial charge in [0, 0.05) is 19.4 Å². The Hall–Kier alpha value is -2.25. The fourth-order valence-corrected chi connectivity index (χ4v) is 5.45. The molecule has 0 heterocycles. The smallest absolute Gasteiger partial charge is 0.303 e. The van der Waals surface area contributed by atoms with Crippen molar-refractivity contribution in [3.8, 4) is 0 Å². The second-order valence-electron chi connectivity index (χ2n) is 10.8. The van der Waals surface area contributed by atoms with E-state index in [1.54, 1.807) is 0 Å². The molecule has 6 nitrogen and oxygen atoms in total. The lowest BCUT2D eigenvalue weighted by Gasteiger charge is -2.34. The Kier molecular flexibility index (Phi) is 14.6. The Labute approximate surface area is 235 Å². The first-order valence-electron chi connectivity index (χ1n) is 14.9. The molecular formula is C33H49NO5. The molecule has 0 unspecified atom stereocenters. The number of carboxylic acid groups (broad SMARTS) is 1. The van der Waals surface area contributed by atoms with Gasteiger partial charge in [0.05, 0.1) is 31.5 Å². The van der Waals surface area contributed by atoms with Crippen molar-refractivity contribution >= 4 is 5.97 Å². The fourth-order valence-electron chi connectivity index (χ4n) is 5.45. The number of unbranched alkanes of at least 4 members (excludes halogenated alkanes) is 6. The highest BCUT2D eigenvalue weighted by atomic mass is 16.6. The SMILES string of the molecule is CCCCCCCO[C@H]1[C@H](N(C)CCCCCC(=O)O)[C@@H](OCc2ccccc2)C[C@H]1OCc1ccccc1. The van der Waals surface area contributed by atoms with Gasteiger partial charge in [-0.1, -0.05) is 99.7 Å². The van der Waals surface area contributed by atoms with Crippen molar-refractivity contribution in [1.82, 2.24) is 4.90 Å². The van der Waals surface area contributed by atoms with Gasteiger partial charge in [-0.3, -0.25) is 9.69 Å². The Morgan fingerprint density at radius 3 is 2.00 bits per heavy atom. The fraction of sp³-hybridized carbons (Fsp3) is 0.606. The molecule has 0 amide bonds. The van der Waals surface area contributed by atoms with E-state index in [1.807, 2.05) is 36.4 Å². The van der Waals surface area contributed by atoms with Crippen molar-refractivity contribution in [2.24, 2.45) is 0 Å². The van der Waals surface area contributed by atoms with Crippen LogP contribution in [0.2, 0.25) is 0 Å². The number of aliphatic carboxylic acids is 1. The number of benzene rings is 2. The lowest BCUT2D eigenvalue weighted by molar-refractivity contribution is -0.137. The number of rotatable bonds is 20. The van der Waals surface area contributed by atoms with E-state index < -0.39 is 5.97 Å². The molecule has 39 heavy (non-hydrogen) atoms. The van der Waals surface area contributed by atoms with Gasteiger partial charge in [-0.2, -0.15) is 0 Å². The minimum Gasteiger partial charge on any atom is -0.481 e. The molecule has 3 rings (SSSR count). The van der Waals surface area contributed by atoms with Crippen LogP contribution in [0.15, 0.2) is 60.7 Å². The van der Waals surface area contributed by atoms with E-state index in [4.69, 9.17) is 19.3 Å². The van der Waals surface area contributed by atoms with Gasteiger partial charge in [-0.25, -0.2) is 0 Å². The number of hydrogen-bond donors (Lipinski definition) is 1. The lowest BCUT2D eigenvalue weighted by atomic mass is 10.1. The topological polar surface area (TPSA) is 68.2 Å². The van der Waals surface area contributed by atoms with Gasteiger partial charge in [-0.05, 0) is 44.0 Å². The second-order valence-corrected chi connectivity index (χ2v) is 10.8. The Balaban J connectivity index is 1.69. The van der Waals surface area contributed by atoms with Crippen LogP contribution in [0, 0.1) is 0 Å². The molecule has 0 spiro atoms. The zero-order valence-electron chi connectivity index (χ0n) is 24.0. The third-order valence-electron chi connectivity index (χ3n) is 7.63. The maximum atomic E-state index is 10.9. The van der Waals surface area contributed by atoms with Crippen molar-refractivity contribution in [3.63, 3.8) is 0 Å². The molecule has 0 aromatic heterocycles. The van der Waals surface area contributed by atoms with Crippen LogP contribution < -0.4 is 0 Å². The molecule has 0 bridgehead atoms. The van der Waals surface area contributed by atoms with E-state index >= 15 is 0 Å². The van der Waals surface area contributed by atoms with Crippen LogP contribution >= 0.6 is 0 Å². The molecule has 0 aliphatic heterocycles. The maximum absolute atomic E-state index is 10.9. The van der Waals surface area contributed by atoms with Crippen molar-refractivity contribution in [3.05, 3.63) is 71.8 Å². The number of hydrogen-bond acceptors (Lipinski definition) is 5. The van der Waals surface area contributed by atoms with E-state index in [0.717, 1.165) is 50.0 Å². The molecule has 4 atom stereocenters. The first kappa shape index (κ1) is 31.3. The standard InChI is InChI=1S/C33H49NO5/c1-3-4-5-6-16-23-37-33-30(39-26-28-19-12-8-13-20-28)24-29(38-25-27-17-10-7-11-18-27)32(33)34(2)22-15-9-14-21-31(35)36/h7-8,10-13,17-20,29-30,32-33H,3-6,9,14-16,21-26H2,1-2H3,(H,35,36)/t29-,30+,32+,33+/m0/s1. The van der Waals surface area contributed by atoms with Crippen molar-refractivity contribution in [2.75, 3.05) is 20.2 Å². The summed E-state index contributed by atoms with van der Waals surface area (Å²) in [6, 6.07) is 20.7. The predicted octanol–water partition coefficient (Wildman–Crippen LogP) is 6.86. The number of ether oxygens (including phenoxy) is 3. The largest absolute Gasteiger partial charge is 0.481 e. The van der Waals surface area contributed by atoms with Gasteiger partial charge in [-0.15, -0.1) is 0 Å².